The molecule has 0 radical (unpaired) electrons. The lowest BCUT2D eigenvalue weighted by atomic mass is 10.1. The van der Waals surface area contributed by atoms with E-state index in [0.717, 1.165) is 24.9 Å². The fourth-order valence-electron chi connectivity index (χ4n) is 2.61. The van der Waals surface area contributed by atoms with E-state index < -0.39 is 0 Å². The van der Waals surface area contributed by atoms with E-state index in [2.05, 4.69) is 4.90 Å². The molecule has 19 heavy (non-hydrogen) atoms. The minimum absolute atomic E-state index is 0.0530. The van der Waals surface area contributed by atoms with Crippen LogP contribution in [-0.2, 0) is 0 Å². The van der Waals surface area contributed by atoms with Gasteiger partial charge >= 0.3 is 0 Å². The second-order valence-electron chi connectivity index (χ2n) is 5.08. The van der Waals surface area contributed by atoms with E-state index in [1.807, 2.05) is 25.1 Å². The molecule has 104 valence electrons. The van der Waals surface area contributed by atoms with Crippen molar-refractivity contribution in [1.29, 1.82) is 0 Å². The largest absolute Gasteiger partial charge is 0.496 e. The Morgan fingerprint density at radius 1 is 1.53 bits per heavy atom. The average molecular weight is 263 g/mol. The van der Waals surface area contributed by atoms with Crippen molar-refractivity contribution in [2.75, 3.05) is 26.8 Å². The number of aliphatic hydroxyl groups excluding tert-OH is 1. The molecule has 1 aromatic carbocycles. The molecule has 0 bridgehead atoms. The molecule has 2 rings (SSSR count). The van der Waals surface area contributed by atoms with Gasteiger partial charge in [0, 0.05) is 6.04 Å². The van der Waals surface area contributed by atoms with Crippen LogP contribution >= 0.6 is 0 Å². The zero-order valence-electron chi connectivity index (χ0n) is 11.6. The third-order valence-electron chi connectivity index (χ3n) is 3.71. The number of ketones is 1. The Balaban J connectivity index is 2.11. The Kier molecular flexibility index (Phi) is 4.56. The van der Waals surface area contributed by atoms with Crippen LogP contribution in [-0.4, -0.2) is 48.6 Å². The highest BCUT2D eigenvalue weighted by Gasteiger charge is 2.26. The van der Waals surface area contributed by atoms with Crippen LogP contribution in [0.25, 0.3) is 0 Å². The first-order valence-corrected chi connectivity index (χ1v) is 6.68. The Morgan fingerprint density at radius 2 is 2.32 bits per heavy atom. The molecule has 1 N–H and O–H groups in total. The number of methoxy groups -OCH3 is 1. The predicted octanol–water partition coefficient (Wildman–Crippen LogP) is 1.64. The van der Waals surface area contributed by atoms with Crippen molar-refractivity contribution in [3.63, 3.8) is 0 Å². The lowest BCUT2D eigenvalue weighted by Gasteiger charge is -2.22. The monoisotopic (exact) mass is 263 g/mol. The van der Waals surface area contributed by atoms with Crippen molar-refractivity contribution < 1.29 is 14.6 Å². The normalized spacial score (nSPS) is 19.6. The standard InChI is InChI=1S/C15H21NO3/c1-11-5-6-13(15(8-11)19-2)14(18)9-16-7-3-4-12(16)10-17/h5-6,8,12,17H,3-4,7,9-10H2,1-2H3. The quantitative estimate of drug-likeness (QED) is 0.821. The van der Waals surface area contributed by atoms with Gasteiger partial charge in [-0.15, -0.1) is 0 Å². The summed E-state index contributed by atoms with van der Waals surface area (Å²) < 4.78 is 5.28. The van der Waals surface area contributed by atoms with Gasteiger partial charge in [-0.25, -0.2) is 0 Å². The van der Waals surface area contributed by atoms with Gasteiger partial charge in [0.25, 0.3) is 0 Å². The number of nitrogens with zero attached hydrogens (tertiary/aromatic N) is 1. The Hall–Kier alpha value is -1.39. The summed E-state index contributed by atoms with van der Waals surface area (Å²) in [6.07, 6.45) is 2.01. The topological polar surface area (TPSA) is 49.8 Å². The first-order chi connectivity index (χ1) is 9.15. The van der Waals surface area contributed by atoms with E-state index in [1.54, 1.807) is 7.11 Å². The van der Waals surface area contributed by atoms with Crippen molar-refractivity contribution in [2.24, 2.45) is 0 Å². The van der Waals surface area contributed by atoms with Crippen LogP contribution in [0.4, 0.5) is 0 Å². The van der Waals surface area contributed by atoms with Crippen molar-refractivity contribution in [1.82, 2.24) is 4.90 Å². The highest BCUT2D eigenvalue weighted by molar-refractivity contribution is 6.00. The molecule has 1 fully saturated rings. The van der Waals surface area contributed by atoms with Crippen LogP contribution < -0.4 is 4.74 Å². The number of carbonyl (C=O) groups is 1. The van der Waals surface area contributed by atoms with Crippen molar-refractivity contribution >= 4 is 5.78 Å². The Bertz CT molecular complexity index is 459. The maximum absolute atomic E-state index is 12.3. The fraction of sp³-hybridized carbons (Fsp3) is 0.533. The summed E-state index contributed by atoms with van der Waals surface area (Å²) >= 11 is 0. The molecule has 1 aliphatic rings. The summed E-state index contributed by atoms with van der Waals surface area (Å²) in [4.78, 5) is 14.4. The Morgan fingerprint density at radius 3 is 3.00 bits per heavy atom. The second-order valence-corrected chi connectivity index (χ2v) is 5.08. The number of likely N-dealkylation sites (tertiary alicyclic amines) is 1. The minimum Gasteiger partial charge on any atom is -0.496 e. The van der Waals surface area contributed by atoms with Crippen LogP contribution in [0, 0.1) is 6.92 Å². The molecule has 1 aromatic rings. The average Bonchev–Trinajstić information content (AvgIpc) is 2.85. The lowest BCUT2D eigenvalue weighted by molar-refractivity contribution is 0.0885. The molecule has 0 aliphatic carbocycles. The number of hydrogen-bond donors (Lipinski definition) is 1. The van der Waals surface area contributed by atoms with Crippen LogP contribution in [0.1, 0.15) is 28.8 Å². The van der Waals surface area contributed by atoms with Gasteiger partial charge in [0.1, 0.15) is 5.75 Å². The second kappa shape index (κ2) is 6.17. The van der Waals surface area contributed by atoms with E-state index in [9.17, 15) is 9.90 Å². The maximum Gasteiger partial charge on any atom is 0.180 e. The SMILES string of the molecule is COc1cc(C)ccc1C(=O)CN1CCCC1CO. The third kappa shape index (κ3) is 3.14. The summed E-state index contributed by atoms with van der Waals surface area (Å²) in [6, 6.07) is 5.74. The fourth-order valence-corrected chi connectivity index (χ4v) is 2.61. The van der Waals surface area contributed by atoms with E-state index in [1.165, 1.54) is 0 Å². The first-order valence-electron chi connectivity index (χ1n) is 6.68. The molecule has 0 spiro atoms. The molecular formula is C15H21NO3. The smallest absolute Gasteiger partial charge is 0.180 e. The summed E-state index contributed by atoms with van der Waals surface area (Å²) in [5.74, 6) is 0.682. The van der Waals surface area contributed by atoms with Gasteiger partial charge in [0.05, 0.1) is 25.8 Å². The molecule has 1 atom stereocenters. The number of carbonyl (C=O) groups excluding carboxylic acids is 1. The molecule has 0 amide bonds. The van der Waals surface area contributed by atoms with E-state index in [-0.39, 0.29) is 18.4 Å². The third-order valence-corrected chi connectivity index (χ3v) is 3.71. The first kappa shape index (κ1) is 14.0. The van der Waals surface area contributed by atoms with Gasteiger partial charge in [0.15, 0.2) is 5.78 Å². The van der Waals surface area contributed by atoms with Crippen LogP contribution in [0.2, 0.25) is 0 Å². The van der Waals surface area contributed by atoms with Crippen molar-refractivity contribution in [3.05, 3.63) is 29.3 Å². The molecule has 4 nitrogen and oxygen atoms in total. The summed E-state index contributed by atoms with van der Waals surface area (Å²) in [7, 11) is 1.58. The summed E-state index contributed by atoms with van der Waals surface area (Å²) in [6.45, 7) is 3.33. The molecule has 1 aliphatic heterocycles. The highest BCUT2D eigenvalue weighted by atomic mass is 16.5. The van der Waals surface area contributed by atoms with E-state index >= 15 is 0 Å². The molecule has 0 aromatic heterocycles. The lowest BCUT2D eigenvalue weighted by Crippen LogP contribution is -2.36. The molecule has 1 unspecified atom stereocenters. The summed E-state index contributed by atoms with van der Waals surface area (Å²) in [5.41, 5.74) is 1.69. The number of hydrogen-bond acceptors (Lipinski definition) is 4. The highest BCUT2D eigenvalue weighted by Crippen LogP contribution is 2.22. The summed E-state index contributed by atoms with van der Waals surface area (Å²) in [5, 5.41) is 9.28. The molecule has 4 heteroatoms. The predicted molar refractivity (Wildman–Crippen MR) is 73.7 cm³/mol. The van der Waals surface area contributed by atoms with E-state index in [0.29, 0.717) is 17.9 Å². The number of benzene rings is 1. The van der Waals surface area contributed by atoms with Crippen molar-refractivity contribution in [3.8, 4) is 5.75 Å². The van der Waals surface area contributed by atoms with Crippen LogP contribution in [0.15, 0.2) is 18.2 Å². The number of aliphatic hydroxyl groups is 1. The molecular weight excluding hydrogens is 242 g/mol. The molecule has 0 saturated carbocycles. The number of ether oxygens (including phenoxy) is 1. The Labute approximate surface area is 114 Å². The minimum atomic E-state index is 0.0530. The zero-order valence-corrected chi connectivity index (χ0v) is 11.6. The van der Waals surface area contributed by atoms with Gasteiger partial charge in [-0.1, -0.05) is 6.07 Å². The van der Waals surface area contributed by atoms with Gasteiger partial charge in [-0.05, 0) is 44.0 Å². The van der Waals surface area contributed by atoms with Gasteiger partial charge in [-0.2, -0.15) is 0 Å². The van der Waals surface area contributed by atoms with Gasteiger partial charge < -0.3 is 9.84 Å². The van der Waals surface area contributed by atoms with Crippen LogP contribution in [0.3, 0.4) is 0 Å². The van der Waals surface area contributed by atoms with Gasteiger partial charge in [0.2, 0.25) is 0 Å². The number of Topliss-reactive ketones (excluding diaryl/α,β-unsaturated/α-hetero) is 1. The van der Waals surface area contributed by atoms with Crippen molar-refractivity contribution in [2.45, 2.75) is 25.8 Å². The maximum atomic E-state index is 12.3. The molecule has 1 saturated heterocycles. The van der Waals surface area contributed by atoms with Gasteiger partial charge in [-0.3, -0.25) is 9.69 Å². The molecule has 1 heterocycles. The number of aryl methyl sites for hydroxylation is 1. The number of rotatable bonds is 5. The van der Waals surface area contributed by atoms with E-state index in [4.69, 9.17) is 4.74 Å². The zero-order chi connectivity index (χ0) is 13.8. The van der Waals surface area contributed by atoms with Crippen LogP contribution in [0.5, 0.6) is 5.75 Å².